The predicted molar refractivity (Wildman–Crippen MR) is 75.2 cm³/mol. The molecule has 0 atom stereocenters. The molecule has 2 aromatic carbocycles. The van der Waals surface area contributed by atoms with Gasteiger partial charge in [-0.3, -0.25) is 4.98 Å². The highest BCUT2D eigenvalue weighted by Crippen LogP contribution is 2.31. The summed E-state index contributed by atoms with van der Waals surface area (Å²) in [5.41, 5.74) is 0.612. The molecule has 1 heterocycles. The van der Waals surface area contributed by atoms with Crippen LogP contribution in [0.25, 0.3) is 10.9 Å². The van der Waals surface area contributed by atoms with Crippen molar-refractivity contribution in [3.63, 3.8) is 0 Å². The number of hydrogen-bond donors (Lipinski definition) is 1. The Labute approximate surface area is 119 Å². The Morgan fingerprint density at radius 1 is 1.10 bits per heavy atom. The van der Waals surface area contributed by atoms with Gasteiger partial charge in [0.05, 0.1) is 5.52 Å². The zero-order valence-corrected chi connectivity index (χ0v) is 10.8. The first-order valence-electron chi connectivity index (χ1n) is 6.19. The molecule has 3 rings (SSSR count). The molecular weight excluding hydrogens is 273 g/mol. The zero-order chi connectivity index (χ0) is 14.8. The van der Waals surface area contributed by atoms with Gasteiger partial charge in [-0.1, -0.05) is 12.1 Å². The van der Waals surface area contributed by atoms with Crippen LogP contribution in [0.3, 0.4) is 0 Å². The molecule has 0 aliphatic carbocycles. The molecule has 1 aromatic heterocycles. The number of ether oxygens (including phenoxy) is 1. The van der Waals surface area contributed by atoms with Gasteiger partial charge in [0.15, 0.2) is 0 Å². The molecule has 0 bridgehead atoms. The summed E-state index contributed by atoms with van der Waals surface area (Å²) < 4.78 is 18.9. The van der Waals surface area contributed by atoms with Gasteiger partial charge in [-0.2, -0.15) is 0 Å². The van der Waals surface area contributed by atoms with Gasteiger partial charge in [0.2, 0.25) is 0 Å². The molecule has 0 unspecified atom stereocenters. The molecule has 0 saturated heterocycles. The number of carboxylic acid groups (broad SMARTS) is 1. The molecule has 3 aromatic rings. The molecule has 0 fully saturated rings. The highest BCUT2D eigenvalue weighted by molar-refractivity contribution is 5.91. The predicted octanol–water partition coefficient (Wildman–Crippen LogP) is 3.86. The van der Waals surface area contributed by atoms with Gasteiger partial charge >= 0.3 is 5.97 Å². The van der Waals surface area contributed by atoms with E-state index < -0.39 is 11.8 Å². The lowest BCUT2D eigenvalue weighted by molar-refractivity contribution is 0.0694. The Kier molecular flexibility index (Phi) is 3.23. The van der Waals surface area contributed by atoms with Gasteiger partial charge in [0.1, 0.15) is 22.9 Å². The van der Waals surface area contributed by atoms with E-state index in [9.17, 15) is 9.18 Å². The van der Waals surface area contributed by atoms with Crippen molar-refractivity contribution >= 4 is 16.9 Å². The SMILES string of the molecule is O=C(O)c1ccc(F)cc1Oc1ccnc2ccccc12. The van der Waals surface area contributed by atoms with Crippen molar-refractivity contribution in [1.82, 2.24) is 4.98 Å². The summed E-state index contributed by atoms with van der Waals surface area (Å²) in [5.74, 6) is -1.36. The molecule has 0 radical (unpaired) electrons. The standard InChI is InChI=1S/C16H10FNO3/c17-10-5-6-12(16(19)20)15(9-10)21-14-7-8-18-13-4-2-1-3-11(13)14/h1-9H,(H,19,20). The molecule has 5 heteroatoms. The maximum Gasteiger partial charge on any atom is 0.339 e. The van der Waals surface area contributed by atoms with Crippen molar-refractivity contribution in [2.45, 2.75) is 0 Å². The second-order valence-electron chi connectivity index (χ2n) is 4.37. The first-order valence-corrected chi connectivity index (χ1v) is 6.19. The van der Waals surface area contributed by atoms with Crippen molar-refractivity contribution in [2.24, 2.45) is 0 Å². The second kappa shape index (κ2) is 5.20. The van der Waals surface area contributed by atoms with Gasteiger partial charge in [-0.05, 0) is 30.3 Å². The number of para-hydroxylation sites is 1. The number of benzene rings is 2. The minimum Gasteiger partial charge on any atom is -0.478 e. The third-order valence-corrected chi connectivity index (χ3v) is 3.00. The van der Waals surface area contributed by atoms with E-state index in [-0.39, 0.29) is 11.3 Å². The van der Waals surface area contributed by atoms with Crippen LogP contribution in [0.15, 0.2) is 54.7 Å². The highest BCUT2D eigenvalue weighted by Gasteiger charge is 2.14. The maximum atomic E-state index is 13.3. The van der Waals surface area contributed by atoms with Crippen LogP contribution in [0, 0.1) is 5.82 Å². The van der Waals surface area contributed by atoms with Crippen molar-refractivity contribution in [3.05, 3.63) is 66.1 Å². The zero-order valence-electron chi connectivity index (χ0n) is 10.8. The summed E-state index contributed by atoms with van der Waals surface area (Å²) in [6.07, 6.45) is 1.55. The Hall–Kier alpha value is -2.95. The number of rotatable bonds is 3. The van der Waals surface area contributed by atoms with Crippen molar-refractivity contribution in [3.8, 4) is 11.5 Å². The van der Waals surface area contributed by atoms with E-state index in [1.165, 1.54) is 6.07 Å². The molecule has 0 saturated carbocycles. The van der Waals surface area contributed by atoms with Crippen LogP contribution in [-0.4, -0.2) is 16.1 Å². The van der Waals surface area contributed by atoms with Crippen molar-refractivity contribution in [2.75, 3.05) is 0 Å². The lowest BCUT2D eigenvalue weighted by Crippen LogP contribution is -2.00. The first kappa shape index (κ1) is 13.1. The summed E-state index contributed by atoms with van der Waals surface area (Å²) in [6.45, 7) is 0. The Morgan fingerprint density at radius 2 is 1.90 bits per heavy atom. The summed E-state index contributed by atoms with van der Waals surface area (Å²) in [4.78, 5) is 15.4. The average molecular weight is 283 g/mol. The molecule has 0 aliphatic rings. The van der Waals surface area contributed by atoms with Crippen molar-refractivity contribution in [1.29, 1.82) is 0 Å². The topological polar surface area (TPSA) is 59.4 Å². The Bertz CT molecular complexity index is 827. The van der Waals surface area contributed by atoms with Gasteiger partial charge in [-0.25, -0.2) is 9.18 Å². The minimum atomic E-state index is -1.18. The molecule has 0 spiro atoms. The molecule has 0 amide bonds. The minimum absolute atomic E-state index is 0.0427. The summed E-state index contributed by atoms with van der Waals surface area (Å²) in [5, 5.41) is 9.86. The van der Waals surface area contributed by atoms with Crippen LogP contribution in [0.1, 0.15) is 10.4 Å². The second-order valence-corrected chi connectivity index (χ2v) is 4.37. The van der Waals surface area contributed by atoms with Crippen molar-refractivity contribution < 1.29 is 19.0 Å². The number of carboxylic acids is 1. The lowest BCUT2D eigenvalue weighted by Gasteiger charge is -2.10. The first-order chi connectivity index (χ1) is 10.1. The summed E-state index contributed by atoms with van der Waals surface area (Å²) >= 11 is 0. The number of aromatic nitrogens is 1. The van der Waals surface area contributed by atoms with Crippen LogP contribution in [0.2, 0.25) is 0 Å². The van der Waals surface area contributed by atoms with Gasteiger partial charge < -0.3 is 9.84 Å². The van der Waals surface area contributed by atoms with Crippen LogP contribution in [0.4, 0.5) is 4.39 Å². The highest BCUT2D eigenvalue weighted by atomic mass is 19.1. The fraction of sp³-hybridized carbons (Fsp3) is 0. The normalized spacial score (nSPS) is 10.5. The van der Waals surface area contributed by atoms with E-state index in [0.717, 1.165) is 17.5 Å². The molecule has 104 valence electrons. The lowest BCUT2D eigenvalue weighted by atomic mass is 10.2. The summed E-state index contributed by atoms with van der Waals surface area (Å²) in [6, 6.07) is 12.2. The monoisotopic (exact) mass is 283 g/mol. The third kappa shape index (κ3) is 2.53. The number of halogens is 1. The van der Waals surface area contributed by atoms with Crippen LogP contribution < -0.4 is 4.74 Å². The van der Waals surface area contributed by atoms with Crippen LogP contribution in [0.5, 0.6) is 11.5 Å². The number of fused-ring (bicyclic) bond motifs is 1. The van der Waals surface area contributed by atoms with E-state index in [1.807, 2.05) is 18.2 Å². The molecule has 21 heavy (non-hydrogen) atoms. The average Bonchev–Trinajstić information content (AvgIpc) is 2.47. The Balaban J connectivity index is 2.11. The van der Waals surface area contributed by atoms with Crippen LogP contribution in [-0.2, 0) is 0 Å². The molecule has 0 aliphatic heterocycles. The quantitative estimate of drug-likeness (QED) is 0.792. The smallest absolute Gasteiger partial charge is 0.339 e. The van der Waals surface area contributed by atoms with E-state index in [1.54, 1.807) is 18.3 Å². The van der Waals surface area contributed by atoms with Gasteiger partial charge in [0, 0.05) is 17.6 Å². The summed E-state index contributed by atoms with van der Waals surface area (Å²) in [7, 11) is 0. The van der Waals surface area contributed by atoms with Crippen LogP contribution >= 0.6 is 0 Å². The third-order valence-electron chi connectivity index (χ3n) is 3.00. The van der Waals surface area contributed by atoms with E-state index >= 15 is 0 Å². The number of hydrogen-bond acceptors (Lipinski definition) is 3. The van der Waals surface area contributed by atoms with E-state index in [4.69, 9.17) is 9.84 Å². The molecular formula is C16H10FNO3. The Morgan fingerprint density at radius 3 is 2.71 bits per heavy atom. The number of nitrogens with zero attached hydrogens (tertiary/aromatic N) is 1. The van der Waals surface area contributed by atoms with Gasteiger partial charge in [-0.15, -0.1) is 0 Å². The fourth-order valence-electron chi connectivity index (χ4n) is 2.03. The number of carbonyl (C=O) groups is 1. The van der Waals surface area contributed by atoms with E-state index in [0.29, 0.717) is 11.3 Å². The molecule has 1 N–H and O–H groups in total. The van der Waals surface area contributed by atoms with E-state index in [2.05, 4.69) is 4.98 Å². The largest absolute Gasteiger partial charge is 0.478 e. The number of pyridine rings is 1. The maximum absolute atomic E-state index is 13.3. The van der Waals surface area contributed by atoms with Gasteiger partial charge in [0.25, 0.3) is 0 Å². The number of aromatic carboxylic acids is 1. The fourth-order valence-corrected chi connectivity index (χ4v) is 2.03. The molecule has 4 nitrogen and oxygen atoms in total.